The lowest BCUT2D eigenvalue weighted by Gasteiger charge is -2.17. The predicted octanol–water partition coefficient (Wildman–Crippen LogP) is -0.0597. The lowest BCUT2D eigenvalue weighted by molar-refractivity contribution is 0.158. The second kappa shape index (κ2) is 6.54. The van der Waals surface area contributed by atoms with Gasteiger partial charge in [-0.25, -0.2) is 13.1 Å². The van der Waals surface area contributed by atoms with Crippen LogP contribution in [0, 0.1) is 5.92 Å². The third-order valence-corrected chi connectivity index (χ3v) is 4.17. The molecule has 0 radical (unpaired) electrons. The van der Waals surface area contributed by atoms with Gasteiger partial charge in [0.15, 0.2) is 0 Å². The molecule has 1 aliphatic carbocycles. The van der Waals surface area contributed by atoms with E-state index in [9.17, 15) is 8.42 Å². The largest absolute Gasteiger partial charge is 0.383 e. The van der Waals surface area contributed by atoms with Gasteiger partial charge in [-0.2, -0.15) is 0 Å². The van der Waals surface area contributed by atoms with Gasteiger partial charge in [0.1, 0.15) is 0 Å². The van der Waals surface area contributed by atoms with Crippen LogP contribution in [-0.2, 0) is 14.8 Å². The summed E-state index contributed by atoms with van der Waals surface area (Å²) in [6, 6.07) is 0.371. The summed E-state index contributed by atoms with van der Waals surface area (Å²) < 4.78 is 30.0. The lowest BCUT2D eigenvalue weighted by Crippen LogP contribution is -2.40. The summed E-state index contributed by atoms with van der Waals surface area (Å²) in [5, 5.41) is 3.33. The second-order valence-electron chi connectivity index (χ2n) is 4.15. The first kappa shape index (κ1) is 13.9. The summed E-state index contributed by atoms with van der Waals surface area (Å²) >= 11 is 0. The van der Waals surface area contributed by atoms with Gasteiger partial charge < -0.3 is 10.1 Å². The summed E-state index contributed by atoms with van der Waals surface area (Å²) in [5.74, 6) is 0.847. The van der Waals surface area contributed by atoms with Crippen LogP contribution in [-0.4, -0.2) is 47.0 Å². The zero-order valence-electron chi connectivity index (χ0n) is 10.0. The van der Waals surface area contributed by atoms with Gasteiger partial charge in [0.05, 0.1) is 12.4 Å². The number of ether oxygens (including phenoxy) is 1. The van der Waals surface area contributed by atoms with Crippen LogP contribution in [0.2, 0.25) is 0 Å². The molecule has 5 nitrogen and oxygen atoms in total. The van der Waals surface area contributed by atoms with Gasteiger partial charge >= 0.3 is 0 Å². The Bertz CT molecular complexity index is 288. The fourth-order valence-corrected chi connectivity index (χ4v) is 2.22. The standard InChI is InChI=1S/C10H22N2O3S/c1-3-16(13,14)12-7-6-11-10(8-15-2)9-4-5-9/h9-12H,3-8H2,1-2H3. The van der Waals surface area contributed by atoms with E-state index < -0.39 is 10.0 Å². The molecule has 2 N–H and O–H groups in total. The zero-order chi connectivity index (χ0) is 12.0. The molecule has 0 spiro atoms. The van der Waals surface area contributed by atoms with Crippen molar-refractivity contribution in [3.63, 3.8) is 0 Å². The van der Waals surface area contributed by atoms with Gasteiger partial charge in [0.25, 0.3) is 0 Å². The Morgan fingerprint density at radius 1 is 1.38 bits per heavy atom. The van der Waals surface area contributed by atoms with Gasteiger partial charge in [-0.1, -0.05) is 0 Å². The highest BCUT2D eigenvalue weighted by Crippen LogP contribution is 2.32. The van der Waals surface area contributed by atoms with E-state index in [4.69, 9.17) is 4.74 Å². The molecule has 1 rings (SSSR count). The minimum Gasteiger partial charge on any atom is -0.383 e. The minimum atomic E-state index is -3.06. The van der Waals surface area contributed by atoms with Crippen LogP contribution in [0.4, 0.5) is 0 Å². The molecule has 6 heteroatoms. The van der Waals surface area contributed by atoms with Crippen molar-refractivity contribution >= 4 is 10.0 Å². The van der Waals surface area contributed by atoms with E-state index in [2.05, 4.69) is 10.0 Å². The van der Waals surface area contributed by atoms with Gasteiger partial charge in [-0.15, -0.1) is 0 Å². The highest BCUT2D eigenvalue weighted by Gasteiger charge is 2.30. The Hall–Kier alpha value is -0.170. The van der Waals surface area contributed by atoms with E-state index >= 15 is 0 Å². The molecular formula is C10H22N2O3S. The highest BCUT2D eigenvalue weighted by molar-refractivity contribution is 7.89. The van der Waals surface area contributed by atoms with Crippen molar-refractivity contribution in [3.05, 3.63) is 0 Å². The number of rotatable bonds is 9. The molecule has 0 bridgehead atoms. The summed E-state index contributed by atoms with van der Waals surface area (Å²) in [6.45, 7) is 3.44. The fraction of sp³-hybridized carbons (Fsp3) is 1.00. The molecule has 0 amide bonds. The Morgan fingerprint density at radius 3 is 2.56 bits per heavy atom. The number of hydrogen-bond acceptors (Lipinski definition) is 4. The summed E-state index contributed by atoms with van der Waals surface area (Å²) in [5.41, 5.74) is 0. The minimum absolute atomic E-state index is 0.136. The fourth-order valence-electron chi connectivity index (χ4n) is 1.61. The number of methoxy groups -OCH3 is 1. The first-order chi connectivity index (χ1) is 7.59. The van der Waals surface area contributed by atoms with E-state index in [1.165, 1.54) is 12.8 Å². The van der Waals surface area contributed by atoms with Crippen LogP contribution in [0.15, 0.2) is 0 Å². The van der Waals surface area contributed by atoms with Crippen LogP contribution in [0.1, 0.15) is 19.8 Å². The van der Waals surface area contributed by atoms with Crippen LogP contribution < -0.4 is 10.0 Å². The van der Waals surface area contributed by atoms with Gasteiger partial charge in [0.2, 0.25) is 10.0 Å². The maximum absolute atomic E-state index is 11.2. The Balaban J connectivity index is 2.13. The predicted molar refractivity (Wildman–Crippen MR) is 63.9 cm³/mol. The number of hydrogen-bond donors (Lipinski definition) is 2. The summed E-state index contributed by atoms with van der Waals surface area (Å²) in [6.07, 6.45) is 2.50. The molecule has 96 valence electrons. The van der Waals surface area contributed by atoms with E-state index in [1.54, 1.807) is 14.0 Å². The quantitative estimate of drug-likeness (QED) is 0.563. The first-order valence-electron chi connectivity index (χ1n) is 5.78. The van der Waals surface area contributed by atoms with Crippen molar-refractivity contribution in [2.75, 3.05) is 32.6 Å². The molecule has 0 saturated heterocycles. The van der Waals surface area contributed by atoms with E-state index in [0.29, 0.717) is 31.7 Å². The molecular weight excluding hydrogens is 228 g/mol. The van der Waals surface area contributed by atoms with Crippen LogP contribution >= 0.6 is 0 Å². The van der Waals surface area contributed by atoms with Gasteiger partial charge in [-0.05, 0) is 25.7 Å². The summed E-state index contributed by atoms with van der Waals surface area (Å²) in [4.78, 5) is 0. The van der Waals surface area contributed by atoms with Crippen molar-refractivity contribution in [1.29, 1.82) is 0 Å². The molecule has 1 fully saturated rings. The molecule has 1 unspecified atom stereocenters. The smallest absolute Gasteiger partial charge is 0.211 e. The monoisotopic (exact) mass is 250 g/mol. The van der Waals surface area contributed by atoms with Crippen molar-refractivity contribution in [2.24, 2.45) is 5.92 Å². The normalized spacial score (nSPS) is 18.6. The molecule has 0 aromatic carbocycles. The third-order valence-electron chi connectivity index (χ3n) is 2.77. The zero-order valence-corrected chi connectivity index (χ0v) is 10.8. The summed E-state index contributed by atoms with van der Waals surface area (Å²) in [7, 11) is -1.36. The Morgan fingerprint density at radius 2 is 2.06 bits per heavy atom. The average Bonchev–Trinajstić information content (AvgIpc) is 3.06. The van der Waals surface area contributed by atoms with Crippen LogP contribution in [0.5, 0.6) is 0 Å². The van der Waals surface area contributed by atoms with Crippen molar-refractivity contribution < 1.29 is 13.2 Å². The second-order valence-corrected chi connectivity index (χ2v) is 6.25. The van der Waals surface area contributed by atoms with E-state index in [-0.39, 0.29) is 5.75 Å². The lowest BCUT2D eigenvalue weighted by atomic mass is 10.2. The molecule has 0 heterocycles. The SMILES string of the molecule is CCS(=O)(=O)NCCNC(COC)C1CC1. The molecule has 0 aromatic rings. The maximum atomic E-state index is 11.2. The van der Waals surface area contributed by atoms with Gasteiger partial charge in [0, 0.05) is 26.2 Å². The highest BCUT2D eigenvalue weighted by atomic mass is 32.2. The molecule has 0 aromatic heterocycles. The van der Waals surface area contributed by atoms with Crippen LogP contribution in [0.3, 0.4) is 0 Å². The van der Waals surface area contributed by atoms with Crippen molar-refractivity contribution in [1.82, 2.24) is 10.0 Å². The maximum Gasteiger partial charge on any atom is 0.211 e. The third kappa shape index (κ3) is 5.25. The number of nitrogens with one attached hydrogen (secondary N) is 2. The Kier molecular flexibility index (Phi) is 5.68. The first-order valence-corrected chi connectivity index (χ1v) is 7.44. The van der Waals surface area contributed by atoms with Crippen molar-refractivity contribution in [2.45, 2.75) is 25.8 Å². The number of sulfonamides is 1. The van der Waals surface area contributed by atoms with Crippen molar-refractivity contribution in [3.8, 4) is 0 Å². The van der Waals surface area contributed by atoms with Crippen LogP contribution in [0.25, 0.3) is 0 Å². The molecule has 1 saturated carbocycles. The molecule has 1 atom stereocenters. The van der Waals surface area contributed by atoms with Gasteiger partial charge in [-0.3, -0.25) is 0 Å². The molecule has 16 heavy (non-hydrogen) atoms. The topological polar surface area (TPSA) is 67.4 Å². The van der Waals surface area contributed by atoms with E-state index in [1.807, 2.05) is 0 Å². The van der Waals surface area contributed by atoms with E-state index in [0.717, 1.165) is 0 Å². The molecule has 1 aliphatic rings. The molecule has 0 aliphatic heterocycles. The average molecular weight is 250 g/mol. The Labute approximate surface area is 98.0 Å².